The Kier molecular flexibility index (Phi) is 3.33. The van der Waals surface area contributed by atoms with Crippen molar-refractivity contribution >= 4 is 11.3 Å². The molecule has 0 unspecified atom stereocenters. The normalized spacial score (nSPS) is 11.9. The molecule has 2 heteroatoms. The molecule has 0 aliphatic rings. The second-order valence-electron chi connectivity index (χ2n) is 6.03. The summed E-state index contributed by atoms with van der Waals surface area (Å²) in [5, 5.41) is 3.26. The highest BCUT2D eigenvalue weighted by atomic mass is 32.1. The zero-order chi connectivity index (χ0) is 13.5. The van der Waals surface area contributed by atoms with E-state index in [2.05, 4.69) is 57.1 Å². The van der Waals surface area contributed by atoms with Crippen LogP contribution in [-0.2, 0) is 5.41 Å². The van der Waals surface area contributed by atoms with E-state index in [0.29, 0.717) is 0 Å². The lowest BCUT2D eigenvalue weighted by Gasteiger charge is -2.21. The van der Waals surface area contributed by atoms with Crippen molar-refractivity contribution in [3.63, 3.8) is 0 Å². The van der Waals surface area contributed by atoms with E-state index < -0.39 is 0 Å². The van der Waals surface area contributed by atoms with Crippen molar-refractivity contribution < 1.29 is 0 Å². The number of hydrogen-bond donors (Lipinski definition) is 0. The highest BCUT2D eigenvalue weighted by Gasteiger charge is 2.17. The largest absolute Gasteiger partial charge is 0.241 e. The fraction of sp³-hybridized carbons (Fsp3) is 0.438. The first-order valence-electron chi connectivity index (χ1n) is 6.33. The number of benzene rings is 1. The van der Waals surface area contributed by atoms with Gasteiger partial charge in [-0.25, -0.2) is 4.98 Å². The minimum Gasteiger partial charge on any atom is -0.241 e. The van der Waals surface area contributed by atoms with Crippen LogP contribution in [-0.4, -0.2) is 4.98 Å². The molecule has 0 bridgehead atoms. The lowest BCUT2D eigenvalue weighted by molar-refractivity contribution is 0.589. The summed E-state index contributed by atoms with van der Waals surface area (Å²) in [5.41, 5.74) is 6.67. The fourth-order valence-corrected chi connectivity index (χ4v) is 3.17. The predicted octanol–water partition coefficient (Wildman–Crippen LogP) is 5.03. The molecule has 0 radical (unpaired) electrons. The summed E-state index contributed by atoms with van der Waals surface area (Å²) in [7, 11) is 0. The van der Waals surface area contributed by atoms with Gasteiger partial charge in [0.1, 0.15) is 5.01 Å². The predicted molar refractivity (Wildman–Crippen MR) is 80.5 cm³/mol. The lowest BCUT2D eigenvalue weighted by atomic mass is 9.84. The zero-order valence-corrected chi connectivity index (χ0v) is 12.9. The van der Waals surface area contributed by atoms with Gasteiger partial charge in [0.2, 0.25) is 0 Å². The first-order chi connectivity index (χ1) is 8.29. The van der Waals surface area contributed by atoms with Gasteiger partial charge in [0, 0.05) is 16.6 Å². The van der Waals surface area contributed by atoms with Gasteiger partial charge in [-0.2, -0.15) is 0 Å². The molecule has 1 heterocycles. The summed E-state index contributed by atoms with van der Waals surface area (Å²) >= 11 is 1.73. The molecule has 2 aromatic rings. The van der Waals surface area contributed by atoms with Crippen molar-refractivity contribution in [2.45, 2.75) is 47.0 Å². The van der Waals surface area contributed by atoms with Crippen LogP contribution >= 0.6 is 11.3 Å². The van der Waals surface area contributed by atoms with Crippen LogP contribution in [0.2, 0.25) is 0 Å². The van der Waals surface area contributed by atoms with Gasteiger partial charge in [-0.3, -0.25) is 0 Å². The fourth-order valence-electron chi connectivity index (χ4n) is 2.20. The summed E-state index contributed by atoms with van der Waals surface area (Å²) < 4.78 is 0. The van der Waals surface area contributed by atoms with Gasteiger partial charge in [0.15, 0.2) is 0 Å². The molecular weight excluding hydrogens is 238 g/mol. The SMILES string of the molecule is Cc1csc(-c2c(C)cc(C(C)(C)C)cc2C)n1. The Labute approximate surface area is 114 Å². The van der Waals surface area contributed by atoms with Gasteiger partial charge < -0.3 is 0 Å². The van der Waals surface area contributed by atoms with Crippen molar-refractivity contribution in [3.05, 3.63) is 39.9 Å². The standard InChI is InChI=1S/C16H21NS/c1-10-7-13(16(4,5)6)8-11(2)14(10)15-17-12(3)9-18-15/h7-9H,1-6H3. The third kappa shape index (κ3) is 2.49. The van der Waals surface area contributed by atoms with Crippen molar-refractivity contribution in [1.29, 1.82) is 0 Å². The quantitative estimate of drug-likeness (QED) is 0.699. The first-order valence-corrected chi connectivity index (χ1v) is 7.21. The molecule has 0 aliphatic carbocycles. The monoisotopic (exact) mass is 259 g/mol. The van der Waals surface area contributed by atoms with Gasteiger partial charge >= 0.3 is 0 Å². The highest BCUT2D eigenvalue weighted by Crippen LogP contribution is 2.34. The number of nitrogens with zero attached hydrogens (tertiary/aromatic N) is 1. The van der Waals surface area contributed by atoms with E-state index in [9.17, 15) is 0 Å². The topological polar surface area (TPSA) is 12.9 Å². The number of rotatable bonds is 1. The van der Waals surface area contributed by atoms with Gasteiger partial charge in [-0.05, 0) is 42.9 Å². The molecule has 1 aromatic carbocycles. The summed E-state index contributed by atoms with van der Waals surface area (Å²) in [5.74, 6) is 0. The second kappa shape index (κ2) is 4.51. The molecule has 0 amide bonds. The molecule has 1 nitrogen and oxygen atoms in total. The Hall–Kier alpha value is -1.15. The van der Waals surface area contributed by atoms with Crippen molar-refractivity contribution in [2.24, 2.45) is 0 Å². The van der Waals surface area contributed by atoms with Gasteiger partial charge in [-0.15, -0.1) is 11.3 Å². The molecule has 18 heavy (non-hydrogen) atoms. The van der Waals surface area contributed by atoms with E-state index in [0.717, 1.165) is 10.7 Å². The first kappa shape index (κ1) is 13.3. The van der Waals surface area contributed by atoms with Crippen molar-refractivity contribution in [2.75, 3.05) is 0 Å². The van der Waals surface area contributed by atoms with Crippen LogP contribution in [0.3, 0.4) is 0 Å². The third-order valence-corrected chi connectivity index (χ3v) is 4.21. The Morgan fingerprint density at radius 3 is 1.94 bits per heavy atom. The van der Waals surface area contributed by atoms with Crippen LogP contribution in [0.4, 0.5) is 0 Å². The van der Waals surface area contributed by atoms with Crippen molar-refractivity contribution in [3.8, 4) is 10.6 Å². The maximum atomic E-state index is 4.61. The summed E-state index contributed by atoms with van der Waals surface area (Å²) in [6, 6.07) is 4.61. The average molecular weight is 259 g/mol. The number of aryl methyl sites for hydroxylation is 3. The lowest BCUT2D eigenvalue weighted by Crippen LogP contribution is -2.12. The summed E-state index contributed by atoms with van der Waals surface area (Å²) in [6.07, 6.45) is 0. The summed E-state index contributed by atoms with van der Waals surface area (Å²) in [6.45, 7) is 13.2. The Bertz CT molecular complexity index is 550. The minimum absolute atomic E-state index is 0.201. The van der Waals surface area contributed by atoms with Crippen LogP contribution in [0.15, 0.2) is 17.5 Å². The highest BCUT2D eigenvalue weighted by molar-refractivity contribution is 7.13. The number of thiazole rings is 1. The molecule has 0 spiro atoms. The van der Waals surface area contributed by atoms with E-state index in [1.165, 1.54) is 22.3 Å². The molecule has 0 atom stereocenters. The van der Waals surface area contributed by atoms with Crippen LogP contribution in [0.1, 0.15) is 43.2 Å². The molecule has 0 aliphatic heterocycles. The van der Waals surface area contributed by atoms with Crippen molar-refractivity contribution in [1.82, 2.24) is 4.98 Å². The molecule has 2 rings (SSSR count). The molecule has 1 aromatic heterocycles. The van der Waals surface area contributed by atoms with E-state index >= 15 is 0 Å². The van der Waals surface area contributed by atoms with Crippen LogP contribution < -0.4 is 0 Å². The summed E-state index contributed by atoms with van der Waals surface area (Å²) in [4.78, 5) is 4.61. The van der Waals surface area contributed by atoms with Crippen LogP contribution in [0.5, 0.6) is 0 Å². The zero-order valence-electron chi connectivity index (χ0n) is 12.1. The minimum atomic E-state index is 0.201. The maximum Gasteiger partial charge on any atom is 0.124 e. The molecule has 0 N–H and O–H groups in total. The van der Waals surface area contributed by atoms with E-state index in [-0.39, 0.29) is 5.41 Å². The van der Waals surface area contributed by atoms with Crippen LogP contribution in [0.25, 0.3) is 10.6 Å². The van der Waals surface area contributed by atoms with Gasteiger partial charge in [0.25, 0.3) is 0 Å². The maximum absolute atomic E-state index is 4.61. The van der Waals surface area contributed by atoms with Crippen LogP contribution in [0, 0.1) is 20.8 Å². The van der Waals surface area contributed by atoms with E-state index in [4.69, 9.17) is 0 Å². The number of aromatic nitrogens is 1. The van der Waals surface area contributed by atoms with E-state index in [1.807, 2.05) is 6.92 Å². The number of hydrogen-bond acceptors (Lipinski definition) is 2. The Morgan fingerprint density at radius 1 is 1.00 bits per heavy atom. The van der Waals surface area contributed by atoms with Gasteiger partial charge in [-0.1, -0.05) is 32.9 Å². The van der Waals surface area contributed by atoms with E-state index in [1.54, 1.807) is 11.3 Å². The Balaban J connectivity index is 2.58. The smallest absolute Gasteiger partial charge is 0.124 e. The third-order valence-electron chi connectivity index (χ3n) is 3.23. The molecule has 0 fully saturated rings. The Morgan fingerprint density at radius 2 is 1.56 bits per heavy atom. The average Bonchev–Trinajstić information content (AvgIpc) is 2.62. The molecule has 0 saturated carbocycles. The molecule has 96 valence electrons. The van der Waals surface area contributed by atoms with Gasteiger partial charge in [0.05, 0.1) is 0 Å². The second-order valence-corrected chi connectivity index (χ2v) is 6.89. The molecule has 0 saturated heterocycles. The molecular formula is C16H21NS.